The minimum absolute atomic E-state index is 0.0646. The van der Waals surface area contributed by atoms with E-state index in [0.717, 1.165) is 12.8 Å². The summed E-state index contributed by atoms with van der Waals surface area (Å²) in [4.78, 5) is 27.2. The van der Waals surface area contributed by atoms with E-state index in [2.05, 4.69) is 20.3 Å². The molecule has 4 rings (SSSR count). The number of hydrogen-bond acceptors (Lipinski definition) is 7. The topological polar surface area (TPSA) is 108 Å². The van der Waals surface area contributed by atoms with Crippen LogP contribution in [0.25, 0.3) is 17.2 Å². The van der Waals surface area contributed by atoms with Gasteiger partial charge in [-0.2, -0.15) is 5.26 Å². The largest absolute Gasteiger partial charge is 0.444 e. The Morgan fingerprint density at radius 2 is 2.16 bits per heavy atom. The molecule has 32 heavy (non-hydrogen) atoms. The van der Waals surface area contributed by atoms with Crippen molar-refractivity contribution >= 4 is 17.6 Å². The Kier molecular flexibility index (Phi) is 5.65. The number of hydrogen-bond donors (Lipinski definition) is 1. The lowest BCUT2D eigenvalue weighted by atomic mass is 10.1. The number of nitrogens with zero attached hydrogens (tertiary/aromatic N) is 6. The smallest absolute Gasteiger partial charge is 0.410 e. The van der Waals surface area contributed by atoms with Crippen LogP contribution in [0.2, 0.25) is 0 Å². The highest BCUT2D eigenvalue weighted by atomic mass is 19.1. The number of imidazole rings is 1. The highest BCUT2D eigenvalue weighted by Crippen LogP contribution is 2.22. The zero-order chi connectivity index (χ0) is 22.9. The lowest BCUT2D eigenvalue weighted by Crippen LogP contribution is -2.47. The van der Waals surface area contributed by atoms with E-state index in [1.165, 1.54) is 12.3 Å². The van der Waals surface area contributed by atoms with Gasteiger partial charge in [0.05, 0.1) is 6.20 Å². The fraction of sp³-hybridized carbons (Fsp3) is 0.409. The maximum atomic E-state index is 13.8. The first-order valence-corrected chi connectivity index (χ1v) is 10.4. The van der Waals surface area contributed by atoms with Crippen molar-refractivity contribution in [2.75, 3.05) is 18.4 Å². The van der Waals surface area contributed by atoms with Gasteiger partial charge in [-0.1, -0.05) is 0 Å². The number of anilines is 1. The number of likely N-dealkylation sites (tertiary alicyclic amines) is 1. The van der Waals surface area contributed by atoms with Crippen molar-refractivity contribution in [1.82, 2.24) is 24.3 Å². The highest BCUT2D eigenvalue weighted by molar-refractivity contribution is 5.68. The van der Waals surface area contributed by atoms with Crippen molar-refractivity contribution in [2.24, 2.45) is 0 Å². The molecule has 9 nitrogen and oxygen atoms in total. The van der Waals surface area contributed by atoms with Crippen LogP contribution in [0.1, 0.15) is 39.3 Å². The summed E-state index contributed by atoms with van der Waals surface area (Å²) < 4.78 is 20.8. The van der Waals surface area contributed by atoms with Gasteiger partial charge in [-0.05, 0) is 45.7 Å². The van der Waals surface area contributed by atoms with Crippen LogP contribution in [0.15, 0.2) is 30.6 Å². The number of rotatable bonds is 3. The van der Waals surface area contributed by atoms with Crippen LogP contribution < -0.4 is 5.32 Å². The van der Waals surface area contributed by atoms with E-state index < -0.39 is 11.4 Å². The van der Waals surface area contributed by atoms with Gasteiger partial charge in [0.1, 0.15) is 40.3 Å². The molecule has 3 aromatic heterocycles. The van der Waals surface area contributed by atoms with Crippen LogP contribution in [-0.2, 0) is 4.74 Å². The summed E-state index contributed by atoms with van der Waals surface area (Å²) in [5.41, 5.74) is 0.623. The number of carbonyl (C=O) groups excluding carboxylic acids is 1. The maximum Gasteiger partial charge on any atom is 0.410 e. The third kappa shape index (κ3) is 4.77. The number of fused-ring (bicyclic) bond motifs is 1. The Morgan fingerprint density at radius 1 is 1.34 bits per heavy atom. The molecule has 0 aromatic carbocycles. The van der Waals surface area contributed by atoms with E-state index in [1.807, 2.05) is 26.8 Å². The molecule has 0 spiro atoms. The van der Waals surface area contributed by atoms with Gasteiger partial charge in [0.15, 0.2) is 5.82 Å². The SMILES string of the molecule is CC(C)(C)OC(=O)N1CCCC(Nc2cc(C#N)nc(-c3cnc4ccc(F)cn34)n2)C1. The normalized spacial score (nSPS) is 16.6. The zero-order valence-electron chi connectivity index (χ0n) is 18.2. The van der Waals surface area contributed by atoms with Gasteiger partial charge in [-0.25, -0.2) is 24.1 Å². The van der Waals surface area contributed by atoms with Crippen molar-refractivity contribution in [3.05, 3.63) is 42.1 Å². The highest BCUT2D eigenvalue weighted by Gasteiger charge is 2.28. The average molecular weight is 437 g/mol. The number of carbonyl (C=O) groups is 1. The fourth-order valence-corrected chi connectivity index (χ4v) is 3.61. The van der Waals surface area contributed by atoms with Gasteiger partial charge >= 0.3 is 6.09 Å². The van der Waals surface area contributed by atoms with Crippen LogP contribution in [0.4, 0.5) is 15.0 Å². The van der Waals surface area contributed by atoms with Crippen molar-refractivity contribution in [2.45, 2.75) is 45.3 Å². The summed E-state index contributed by atoms with van der Waals surface area (Å²) in [5.74, 6) is 0.286. The number of pyridine rings is 1. The van der Waals surface area contributed by atoms with Gasteiger partial charge in [-0.3, -0.25) is 4.40 Å². The Bertz CT molecular complexity index is 1200. The lowest BCUT2D eigenvalue weighted by Gasteiger charge is -2.34. The summed E-state index contributed by atoms with van der Waals surface area (Å²) in [6, 6.07) is 6.41. The number of aromatic nitrogens is 4. The molecule has 166 valence electrons. The molecule has 1 fully saturated rings. The number of ether oxygens (including phenoxy) is 1. The van der Waals surface area contributed by atoms with E-state index >= 15 is 0 Å². The predicted molar refractivity (Wildman–Crippen MR) is 115 cm³/mol. The first kappa shape index (κ1) is 21.5. The number of piperidine rings is 1. The van der Waals surface area contributed by atoms with Crippen molar-refractivity contribution in [3.63, 3.8) is 0 Å². The van der Waals surface area contributed by atoms with Crippen LogP contribution in [0.3, 0.4) is 0 Å². The summed E-state index contributed by atoms with van der Waals surface area (Å²) in [6.07, 6.45) is 4.14. The van der Waals surface area contributed by atoms with E-state index in [-0.39, 0.29) is 23.7 Å². The third-order valence-electron chi connectivity index (χ3n) is 4.96. The minimum Gasteiger partial charge on any atom is -0.444 e. The molecule has 0 aliphatic carbocycles. The average Bonchev–Trinajstić information content (AvgIpc) is 3.15. The summed E-state index contributed by atoms with van der Waals surface area (Å²) in [6.45, 7) is 6.59. The van der Waals surface area contributed by atoms with Gasteiger partial charge in [0, 0.05) is 31.4 Å². The second-order valence-corrected chi connectivity index (χ2v) is 8.70. The second kappa shape index (κ2) is 8.42. The molecule has 10 heteroatoms. The quantitative estimate of drug-likeness (QED) is 0.667. The number of nitriles is 1. The van der Waals surface area contributed by atoms with Crippen molar-refractivity contribution in [3.8, 4) is 17.6 Å². The number of nitrogens with one attached hydrogen (secondary N) is 1. The van der Waals surface area contributed by atoms with E-state index in [1.54, 1.807) is 27.6 Å². The third-order valence-corrected chi connectivity index (χ3v) is 4.96. The molecule has 1 atom stereocenters. The first-order chi connectivity index (χ1) is 15.2. The van der Waals surface area contributed by atoms with Gasteiger partial charge in [0.2, 0.25) is 0 Å². The summed E-state index contributed by atoms with van der Waals surface area (Å²) >= 11 is 0. The monoisotopic (exact) mass is 437 g/mol. The molecule has 0 radical (unpaired) electrons. The minimum atomic E-state index is -0.561. The van der Waals surface area contributed by atoms with Gasteiger partial charge in [-0.15, -0.1) is 0 Å². The molecule has 1 unspecified atom stereocenters. The zero-order valence-corrected chi connectivity index (χ0v) is 18.2. The van der Waals surface area contributed by atoms with Crippen LogP contribution in [0.5, 0.6) is 0 Å². The standard InChI is InChI=1S/C22H24FN7O2/c1-22(2,3)32-21(31)29-8-4-5-15(13-29)26-18-9-16(10-24)27-20(28-18)17-11-25-19-7-6-14(23)12-30(17)19/h6-7,9,11-12,15H,4-5,8,13H2,1-3H3,(H,26,27,28). The summed E-state index contributed by atoms with van der Waals surface area (Å²) in [5, 5.41) is 12.8. The Labute approximate surface area is 184 Å². The molecule has 0 bridgehead atoms. The molecule has 3 aromatic rings. The molecular weight excluding hydrogens is 413 g/mol. The molecule has 4 heterocycles. The molecule has 1 aliphatic rings. The molecule has 0 saturated carbocycles. The molecule has 1 aliphatic heterocycles. The first-order valence-electron chi connectivity index (χ1n) is 10.4. The fourth-order valence-electron chi connectivity index (χ4n) is 3.61. The number of amides is 1. The lowest BCUT2D eigenvalue weighted by molar-refractivity contribution is 0.0206. The predicted octanol–water partition coefficient (Wildman–Crippen LogP) is 3.61. The maximum absolute atomic E-state index is 13.8. The second-order valence-electron chi connectivity index (χ2n) is 8.70. The van der Waals surface area contributed by atoms with Crippen molar-refractivity contribution < 1.29 is 13.9 Å². The Balaban J connectivity index is 1.57. The molecule has 1 amide bonds. The van der Waals surface area contributed by atoms with Gasteiger partial charge in [0.25, 0.3) is 0 Å². The number of halogens is 1. The molecule has 1 N–H and O–H groups in total. The van der Waals surface area contributed by atoms with Crippen molar-refractivity contribution in [1.29, 1.82) is 5.26 Å². The summed E-state index contributed by atoms with van der Waals surface area (Å²) in [7, 11) is 0. The molecular formula is C22H24FN7O2. The van der Waals surface area contributed by atoms with E-state index in [0.29, 0.717) is 30.2 Å². The van der Waals surface area contributed by atoms with Crippen LogP contribution in [0, 0.1) is 17.1 Å². The van der Waals surface area contributed by atoms with Crippen LogP contribution >= 0.6 is 0 Å². The Morgan fingerprint density at radius 3 is 2.91 bits per heavy atom. The van der Waals surface area contributed by atoms with Gasteiger partial charge < -0.3 is 15.0 Å². The van der Waals surface area contributed by atoms with E-state index in [4.69, 9.17) is 4.74 Å². The molecule has 1 saturated heterocycles. The Hall–Kier alpha value is -3.74. The van der Waals surface area contributed by atoms with E-state index in [9.17, 15) is 14.4 Å². The van der Waals surface area contributed by atoms with Crippen LogP contribution in [-0.4, -0.2) is 55.1 Å².